The van der Waals surface area contributed by atoms with Crippen molar-refractivity contribution in [2.24, 2.45) is 0 Å². The van der Waals surface area contributed by atoms with Gasteiger partial charge in [-0.25, -0.2) is 19.9 Å². The molecule has 1 N–H and O–H groups in total. The van der Waals surface area contributed by atoms with Crippen LogP contribution in [0, 0.1) is 13.8 Å². The van der Waals surface area contributed by atoms with Gasteiger partial charge in [0.15, 0.2) is 5.82 Å². The van der Waals surface area contributed by atoms with E-state index in [0.717, 1.165) is 29.0 Å². The summed E-state index contributed by atoms with van der Waals surface area (Å²) in [7, 11) is 0. The van der Waals surface area contributed by atoms with Crippen molar-refractivity contribution >= 4 is 27.4 Å². The number of nitrogens with zero attached hydrogens (tertiary/aromatic N) is 4. The molecule has 0 aliphatic rings. The number of thiophene rings is 1. The number of hydrogen-bond donors (Lipinski definition) is 1. The van der Waals surface area contributed by atoms with Gasteiger partial charge in [-0.15, -0.1) is 11.3 Å². The molecule has 3 aromatic rings. The maximum Gasteiger partial charge on any atom is 0.201 e. The van der Waals surface area contributed by atoms with E-state index in [0.29, 0.717) is 11.6 Å². The minimum Gasteiger partial charge on any atom is -0.369 e. The van der Waals surface area contributed by atoms with E-state index < -0.39 is 0 Å². The number of rotatable bonds is 4. The largest absolute Gasteiger partial charge is 0.369 e. The van der Waals surface area contributed by atoms with Crippen LogP contribution in [0.3, 0.4) is 0 Å². The molecule has 0 radical (unpaired) electrons. The molecule has 0 fully saturated rings. The molecule has 0 atom stereocenters. The van der Waals surface area contributed by atoms with Gasteiger partial charge in [0.05, 0.1) is 5.39 Å². The molecule has 0 saturated heterocycles. The van der Waals surface area contributed by atoms with E-state index >= 15 is 0 Å². The van der Waals surface area contributed by atoms with Gasteiger partial charge in [-0.2, -0.15) is 0 Å². The molecule has 0 aromatic carbocycles. The van der Waals surface area contributed by atoms with Crippen LogP contribution in [0.2, 0.25) is 0 Å². The molecule has 6 heteroatoms. The van der Waals surface area contributed by atoms with Crippen molar-refractivity contribution in [2.75, 3.05) is 11.9 Å². The summed E-state index contributed by atoms with van der Waals surface area (Å²) < 4.78 is 0. The Bertz CT molecular complexity index is 767. The molecule has 108 valence electrons. The van der Waals surface area contributed by atoms with Crippen LogP contribution in [0.25, 0.3) is 21.9 Å². The molecule has 0 amide bonds. The lowest BCUT2D eigenvalue weighted by Gasteiger charge is -2.08. The van der Waals surface area contributed by atoms with E-state index in [-0.39, 0.29) is 0 Å². The molecular formula is C15H17N5S. The van der Waals surface area contributed by atoms with Gasteiger partial charge >= 0.3 is 0 Å². The van der Waals surface area contributed by atoms with Gasteiger partial charge in [-0.3, -0.25) is 0 Å². The van der Waals surface area contributed by atoms with E-state index in [9.17, 15) is 0 Å². The first-order chi connectivity index (χ1) is 10.2. The van der Waals surface area contributed by atoms with E-state index in [2.05, 4.69) is 46.0 Å². The van der Waals surface area contributed by atoms with Crippen molar-refractivity contribution in [2.45, 2.75) is 27.2 Å². The fourth-order valence-corrected chi connectivity index (χ4v) is 3.16. The van der Waals surface area contributed by atoms with Gasteiger partial charge < -0.3 is 5.32 Å². The molecule has 3 rings (SSSR count). The maximum atomic E-state index is 4.64. The summed E-state index contributed by atoms with van der Waals surface area (Å²) in [4.78, 5) is 20.0. The third-order valence-corrected chi connectivity index (χ3v) is 4.44. The Morgan fingerprint density at radius 2 is 1.86 bits per heavy atom. The van der Waals surface area contributed by atoms with Crippen LogP contribution in [-0.2, 0) is 0 Å². The molecule has 3 heterocycles. The first kappa shape index (κ1) is 13.9. The summed E-state index contributed by atoms with van der Waals surface area (Å²) in [6.45, 7) is 7.26. The predicted molar refractivity (Wildman–Crippen MR) is 86.7 cm³/mol. The lowest BCUT2D eigenvalue weighted by Crippen LogP contribution is -2.05. The van der Waals surface area contributed by atoms with E-state index in [1.54, 1.807) is 29.8 Å². The van der Waals surface area contributed by atoms with Crippen LogP contribution in [0.4, 0.5) is 5.82 Å². The Balaban J connectivity index is 2.20. The average molecular weight is 299 g/mol. The molecule has 0 unspecified atom stereocenters. The molecule has 0 aliphatic carbocycles. The Morgan fingerprint density at radius 3 is 2.57 bits per heavy atom. The minimum absolute atomic E-state index is 0.558. The fraction of sp³-hybridized carbons (Fsp3) is 0.333. The lowest BCUT2D eigenvalue weighted by molar-refractivity contribution is 0.968. The van der Waals surface area contributed by atoms with Crippen LogP contribution < -0.4 is 5.32 Å². The molecular weight excluding hydrogens is 282 g/mol. The van der Waals surface area contributed by atoms with E-state index in [4.69, 9.17) is 0 Å². The summed E-state index contributed by atoms with van der Waals surface area (Å²) in [6.07, 6.45) is 4.46. The van der Waals surface area contributed by atoms with Crippen molar-refractivity contribution in [3.05, 3.63) is 28.9 Å². The summed E-state index contributed by atoms with van der Waals surface area (Å²) in [5.74, 6) is 2.01. The van der Waals surface area contributed by atoms with Crippen molar-refractivity contribution in [3.63, 3.8) is 0 Å². The molecule has 0 aliphatic heterocycles. The minimum atomic E-state index is 0.558. The number of fused-ring (bicyclic) bond motifs is 1. The lowest BCUT2D eigenvalue weighted by atomic mass is 10.2. The molecule has 0 spiro atoms. The number of hydrogen-bond acceptors (Lipinski definition) is 6. The third kappa shape index (κ3) is 2.58. The van der Waals surface area contributed by atoms with E-state index in [1.165, 1.54) is 10.4 Å². The zero-order valence-corrected chi connectivity index (χ0v) is 13.2. The van der Waals surface area contributed by atoms with Gasteiger partial charge in [-0.1, -0.05) is 6.92 Å². The summed E-state index contributed by atoms with van der Waals surface area (Å²) in [5.41, 5.74) is 1.24. The Hall–Kier alpha value is -2.08. The Morgan fingerprint density at radius 1 is 1.10 bits per heavy atom. The quantitative estimate of drug-likeness (QED) is 0.797. The van der Waals surface area contributed by atoms with Crippen molar-refractivity contribution in [3.8, 4) is 11.6 Å². The van der Waals surface area contributed by atoms with E-state index in [1.807, 2.05) is 0 Å². The molecule has 21 heavy (non-hydrogen) atoms. The van der Waals surface area contributed by atoms with Crippen molar-refractivity contribution in [1.82, 2.24) is 19.9 Å². The molecule has 0 bridgehead atoms. The zero-order valence-electron chi connectivity index (χ0n) is 12.3. The normalized spacial score (nSPS) is 11.0. The van der Waals surface area contributed by atoms with Crippen LogP contribution in [0.5, 0.6) is 0 Å². The highest BCUT2D eigenvalue weighted by Crippen LogP contribution is 2.34. The highest BCUT2D eigenvalue weighted by molar-refractivity contribution is 7.18. The number of anilines is 1. The van der Waals surface area contributed by atoms with Crippen molar-refractivity contribution in [1.29, 1.82) is 0 Å². The standard InChI is InChI=1S/C15H17N5S/c1-4-6-16-12-11-9(2)10(3)21-15(11)20-14(19-12)13-17-7-5-8-18-13/h5,7-8H,4,6H2,1-3H3,(H,16,19,20). The smallest absolute Gasteiger partial charge is 0.201 e. The summed E-state index contributed by atoms with van der Waals surface area (Å²) in [6, 6.07) is 1.79. The van der Waals surface area contributed by atoms with Gasteiger partial charge in [0.2, 0.25) is 5.82 Å². The van der Waals surface area contributed by atoms with Crippen LogP contribution >= 0.6 is 11.3 Å². The van der Waals surface area contributed by atoms with Gasteiger partial charge in [0.1, 0.15) is 10.6 Å². The molecule has 0 saturated carbocycles. The monoisotopic (exact) mass is 299 g/mol. The first-order valence-electron chi connectivity index (χ1n) is 6.99. The zero-order chi connectivity index (χ0) is 14.8. The number of aryl methyl sites for hydroxylation is 2. The number of nitrogens with one attached hydrogen (secondary N) is 1. The number of aromatic nitrogens is 4. The SMILES string of the molecule is CCCNc1nc(-c2ncccn2)nc2sc(C)c(C)c12. The fourth-order valence-electron chi connectivity index (χ4n) is 2.14. The van der Waals surface area contributed by atoms with Crippen LogP contribution in [0.1, 0.15) is 23.8 Å². The van der Waals surface area contributed by atoms with Gasteiger partial charge in [-0.05, 0) is 31.9 Å². The second kappa shape index (κ2) is 5.73. The van der Waals surface area contributed by atoms with Crippen LogP contribution in [0.15, 0.2) is 18.5 Å². The van der Waals surface area contributed by atoms with Crippen LogP contribution in [-0.4, -0.2) is 26.5 Å². The van der Waals surface area contributed by atoms with Gasteiger partial charge in [0.25, 0.3) is 0 Å². The molecule has 3 aromatic heterocycles. The molecule has 5 nitrogen and oxygen atoms in total. The second-order valence-electron chi connectivity index (χ2n) is 4.86. The van der Waals surface area contributed by atoms with Gasteiger partial charge in [0, 0.05) is 23.8 Å². The van der Waals surface area contributed by atoms with Crippen molar-refractivity contribution < 1.29 is 0 Å². The third-order valence-electron chi connectivity index (χ3n) is 3.34. The highest BCUT2D eigenvalue weighted by Gasteiger charge is 2.16. The maximum absolute atomic E-state index is 4.64. The predicted octanol–water partition coefficient (Wildman–Crippen LogP) is 3.59. The Kier molecular flexibility index (Phi) is 3.79. The average Bonchev–Trinajstić information content (AvgIpc) is 2.80. The second-order valence-corrected chi connectivity index (χ2v) is 6.06. The summed E-state index contributed by atoms with van der Waals surface area (Å²) in [5, 5.41) is 4.52. The highest BCUT2D eigenvalue weighted by atomic mass is 32.1. The summed E-state index contributed by atoms with van der Waals surface area (Å²) >= 11 is 1.69. The Labute approximate surface area is 127 Å². The topological polar surface area (TPSA) is 63.6 Å². The first-order valence-corrected chi connectivity index (χ1v) is 7.81.